The van der Waals surface area contributed by atoms with Crippen molar-refractivity contribution >= 4 is 28.3 Å². The number of para-hydroxylation sites is 1. The fraction of sp³-hybridized carbons (Fsp3) is 0.0526. The van der Waals surface area contributed by atoms with Gasteiger partial charge in [0.2, 0.25) is 0 Å². The first-order chi connectivity index (χ1) is 12.2. The van der Waals surface area contributed by atoms with E-state index in [4.69, 9.17) is 5.10 Å². The molecule has 0 fully saturated rings. The number of carboxylic acid groups (broad SMARTS) is 1. The molecule has 0 atom stereocenters. The van der Waals surface area contributed by atoms with Crippen molar-refractivity contribution < 1.29 is 9.90 Å². The van der Waals surface area contributed by atoms with Crippen molar-refractivity contribution in [1.29, 1.82) is 0 Å². The number of benzene rings is 1. The van der Waals surface area contributed by atoms with Gasteiger partial charge in [-0.25, -0.2) is 9.48 Å². The SMILES string of the molecule is C=CCn1c(C(=O)O)cc2c(-c3cccs3)nn(-c3ccccc3)c21. The third-order valence-electron chi connectivity index (χ3n) is 4.01. The molecule has 0 bridgehead atoms. The first kappa shape index (κ1) is 15.4. The van der Waals surface area contributed by atoms with Crippen LogP contribution in [0.3, 0.4) is 0 Å². The summed E-state index contributed by atoms with van der Waals surface area (Å²) in [7, 11) is 0. The van der Waals surface area contributed by atoms with Crippen LogP contribution in [0.15, 0.2) is 66.6 Å². The molecule has 0 saturated carbocycles. The molecule has 0 unspecified atom stereocenters. The average molecular weight is 349 g/mol. The predicted molar refractivity (Wildman–Crippen MR) is 99.5 cm³/mol. The molecule has 25 heavy (non-hydrogen) atoms. The van der Waals surface area contributed by atoms with Crippen LogP contribution in [0.2, 0.25) is 0 Å². The van der Waals surface area contributed by atoms with Crippen molar-refractivity contribution in [2.45, 2.75) is 6.54 Å². The number of hydrogen-bond acceptors (Lipinski definition) is 3. The second kappa shape index (κ2) is 6.07. The van der Waals surface area contributed by atoms with Crippen LogP contribution in [-0.2, 0) is 6.54 Å². The Labute approximate surface area is 148 Å². The van der Waals surface area contributed by atoms with Gasteiger partial charge < -0.3 is 9.67 Å². The maximum absolute atomic E-state index is 11.7. The number of carbonyl (C=O) groups is 1. The molecular formula is C19H15N3O2S. The molecule has 0 aliphatic heterocycles. The third kappa shape index (κ3) is 2.47. The molecule has 124 valence electrons. The van der Waals surface area contributed by atoms with Gasteiger partial charge in [-0.2, -0.15) is 5.10 Å². The molecule has 0 aliphatic carbocycles. The van der Waals surface area contributed by atoms with Gasteiger partial charge >= 0.3 is 5.97 Å². The molecule has 3 heterocycles. The lowest BCUT2D eigenvalue weighted by Gasteiger charge is -2.08. The Morgan fingerprint density at radius 2 is 2.04 bits per heavy atom. The van der Waals surface area contributed by atoms with Gasteiger partial charge in [-0.15, -0.1) is 17.9 Å². The van der Waals surface area contributed by atoms with Gasteiger partial charge in [0, 0.05) is 11.9 Å². The van der Waals surface area contributed by atoms with Crippen LogP contribution in [0.5, 0.6) is 0 Å². The number of carboxylic acids is 1. The molecule has 4 aromatic rings. The summed E-state index contributed by atoms with van der Waals surface area (Å²) in [5.41, 5.74) is 2.66. The highest BCUT2D eigenvalue weighted by atomic mass is 32.1. The van der Waals surface area contributed by atoms with Crippen LogP contribution in [0.1, 0.15) is 10.5 Å². The van der Waals surface area contributed by atoms with E-state index in [-0.39, 0.29) is 5.69 Å². The summed E-state index contributed by atoms with van der Waals surface area (Å²) in [6.07, 6.45) is 1.69. The number of thiophene rings is 1. The summed E-state index contributed by atoms with van der Waals surface area (Å²) >= 11 is 1.58. The van der Waals surface area contributed by atoms with Crippen molar-refractivity contribution in [3.05, 3.63) is 72.3 Å². The highest BCUT2D eigenvalue weighted by molar-refractivity contribution is 7.13. The van der Waals surface area contributed by atoms with Crippen molar-refractivity contribution in [3.63, 3.8) is 0 Å². The summed E-state index contributed by atoms with van der Waals surface area (Å²) in [4.78, 5) is 12.7. The zero-order valence-electron chi connectivity index (χ0n) is 13.3. The van der Waals surface area contributed by atoms with Gasteiger partial charge in [0.15, 0.2) is 0 Å². The van der Waals surface area contributed by atoms with E-state index in [0.29, 0.717) is 6.54 Å². The minimum Gasteiger partial charge on any atom is -0.477 e. The third-order valence-corrected chi connectivity index (χ3v) is 4.89. The van der Waals surface area contributed by atoms with Crippen LogP contribution < -0.4 is 0 Å². The molecule has 0 spiro atoms. The molecule has 5 nitrogen and oxygen atoms in total. The summed E-state index contributed by atoms with van der Waals surface area (Å²) in [6.45, 7) is 4.16. The molecule has 0 saturated heterocycles. The molecule has 3 aromatic heterocycles. The van der Waals surface area contributed by atoms with Crippen molar-refractivity contribution in [1.82, 2.24) is 14.3 Å². The van der Waals surface area contributed by atoms with E-state index >= 15 is 0 Å². The molecule has 0 amide bonds. The maximum Gasteiger partial charge on any atom is 0.352 e. The Morgan fingerprint density at radius 3 is 2.68 bits per heavy atom. The number of aromatic carboxylic acids is 1. The van der Waals surface area contributed by atoms with Gasteiger partial charge in [0.05, 0.1) is 10.6 Å². The second-order valence-corrected chi connectivity index (χ2v) is 6.49. The molecule has 6 heteroatoms. The van der Waals surface area contributed by atoms with Crippen molar-refractivity contribution in [2.24, 2.45) is 0 Å². The standard InChI is InChI=1S/C19H15N3O2S/c1-2-10-21-15(19(23)24)12-14-17(16-9-6-11-25-16)20-22(18(14)21)13-7-4-3-5-8-13/h2-9,11-12H,1,10H2,(H,23,24). The number of nitrogens with zero attached hydrogens (tertiary/aromatic N) is 3. The normalized spacial score (nSPS) is 11.0. The Kier molecular flexibility index (Phi) is 3.74. The highest BCUT2D eigenvalue weighted by Crippen LogP contribution is 2.34. The summed E-state index contributed by atoms with van der Waals surface area (Å²) in [6, 6.07) is 15.4. The fourth-order valence-corrected chi connectivity index (χ4v) is 3.70. The van der Waals surface area contributed by atoms with E-state index < -0.39 is 5.97 Å². The number of allylic oxidation sites excluding steroid dienone is 1. The number of aromatic nitrogens is 3. The Balaban J connectivity index is 2.10. The van der Waals surface area contributed by atoms with E-state index in [1.807, 2.05) is 47.8 Å². The number of hydrogen-bond donors (Lipinski definition) is 1. The Morgan fingerprint density at radius 1 is 1.24 bits per heavy atom. The lowest BCUT2D eigenvalue weighted by molar-refractivity contribution is 0.0686. The van der Waals surface area contributed by atoms with E-state index in [0.717, 1.165) is 27.3 Å². The van der Waals surface area contributed by atoms with E-state index in [1.165, 1.54) is 0 Å². The fourth-order valence-electron chi connectivity index (χ4n) is 2.98. The zero-order valence-corrected chi connectivity index (χ0v) is 14.1. The monoisotopic (exact) mass is 349 g/mol. The van der Waals surface area contributed by atoms with Crippen molar-refractivity contribution in [2.75, 3.05) is 0 Å². The number of fused-ring (bicyclic) bond motifs is 1. The largest absolute Gasteiger partial charge is 0.477 e. The van der Waals surface area contributed by atoms with Gasteiger partial charge in [-0.3, -0.25) is 0 Å². The van der Waals surface area contributed by atoms with E-state index in [1.54, 1.807) is 32.7 Å². The lowest BCUT2D eigenvalue weighted by Crippen LogP contribution is -2.10. The molecule has 0 radical (unpaired) electrons. The topological polar surface area (TPSA) is 60.1 Å². The predicted octanol–water partition coefficient (Wildman–Crippen LogP) is 4.44. The zero-order chi connectivity index (χ0) is 17.4. The van der Waals surface area contributed by atoms with Crippen LogP contribution in [-0.4, -0.2) is 25.4 Å². The first-order valence-electron chi connectivity index (χ1n) is 7.76. The van der Waals surface area contributed by atoms with Gasteiger partial charge in [0.25, 0.3) is 0 Å². The summed E-state index contributed by atoms with van der Waals surface area (Å²) in [5.74, 6) is -0.963. The van der Waals surface area contributed by atoms with Gasteiger partial charge in [-0.1, -0.05) is 30.3 Å². The lowest BCUT2D eigenvalue weighted by atomic mass is 10.2. The van der Waals surface area contributed by atoms with E-state index in [2.05, 4.69) is 6.58 Å². The first-order valence-corrected chi connectivity index (χ1v) is 8.64. The molecule has 0 aliphatic rings. The molecular weight excluding hydrogens is 334 g/mol. The van der Waals surface area contributed by atoms with Gasteiger partial charge in [0.1, 0.15) is 17.0 Å². The van der Waals surface area contributed by atoms with Crippen molar-refractivity contribution in [3.8, 4) is 16.3 Å². The number of rotatable bonds is 5. The summed E-state index contributed by atoms with van der Waals surface area (Å²) in [5, 5.41) is 17.2. The van der Waals surface area contributed by atoms with Crippen LogP contribution in [0, 0.1) is 0 Å². The smallest absolute Gasteiger partial charge is 0.352 e. The van der Waals surface area contributed by atoms with Gasteiger partial charge in [-0.05, 0) is 29.6 Å². The summed E-state index contributed by atoms with van der Waals surface area (Å²) < 4.78 is 3.54. The Hall–Kier alpha value is -3.12. The Bertz CT molecular complexity index is 1060. The van der Waals surface area contributed by atoms with Crippen LogP contribution in [0.4, 0.5) is 0 Å². The minimum atomic E-state index is -0.963. The molecule has 1 N–H and O–H groups in total. The van der Waals surface area contributed by atoms with Crippen LogP contribution >= 0.6 is 11.3 Å². The quantitative estimate of drug-likeness (QED) is 0.542. The van der Waals surface area contributed by atoms with E-state index in [9.17, 15) is 9.90 Å². The average Bonchev–Trinajstić information content (AvgIpc) is 3.32. The second-order valence-electron chi connectivity index (χ2n) is 5.54. The molecule has 1 aromatic carbocycles. The molecule has 4 rings (SSSR count). The van der Waals surface area contributed by atoms with Crippen LogP contribution in [0.25, 0.3) is 27.3 Å². The highest BCUT2D eigenvalue weighted by Gasteiger charge is 2.23. The minimum absolute atomic E-state index is 0.231. The maximum atomic E-state index is 11.7.